The van der Waals surface area contributed by atoms with Crippen molar-refractivity contribution < 1.29 is 9.47 Å². The Labute approximate surface area is 185 Å². The van der Waals surface area contributed by atoms with E-state index in [4.69, 9.17) is 9.47 Å². The molecular weight excluding hydrogens is 368 g/mol. The van der Waals surface area contributed by atoms with Crippen LogP contribution in [0.15, 0.2) is 48.5 Å². The summed E-state index contributed by atoms with van der Waals surface area (Å²) in [4.78, 5) is 0. The molecule has 0 unspecified atom stereocenters. The second kappa shape index (κ2) is 15.8. The molecule has 0 atom stereocenters. The van der Waals surface area contributed by atoms with Crippen LogP contribution in [-0.2, 0) is 0 Å². The quantitative estimate of drug-likeness (QED) is 0.242. The fourth-order valence-corrected chi connectivity index (χ4v) is 3.63. The number of benzene rings is 2. The second-order valence-corrected chi connectivity index (χ2v) is 8.28. The fraction of sp³-hybridized carbons (Fsp3) is 0.571. The Bertz CT molecular complexity index is 586. The molecule has 2 nitrogen and oxygen atoms in total. The molecule has 0 saturated carbocycles. The molecule has 30 heavy (non-hydrogen) atoms. The van der Waals surface area contributed by atoms with E-state index in [2.05, 4.69) is 62.4 Å². The van der Waals surface area contributed by atoms with Gasteiger partial charge in [-0.25, -0.2) is 0 Å². The van der Waals surface area contributed by atoms with Gasteiger partial charge in [-0.1, -0.05) is 102 Å². The van der Waals surface area contributed by atoms with Crippen molar-refractivity contribution in [3.63, 3.8) is 0 Å². The minimum atomic E-state index is 0.816. The Balaban J connectivity index is 1.65. The summed E-state index contributed by atoms with van der Waals surface area (Å²) in [7, 11) is 0. The summed E-state index contributed by atoms with van der Waals surface area (Å²) in [6.07, 6.45) is 15.5. The van der Waals surface area contributed by atoms with Crippen LogP contribution in [0.5, 0.6) is 11.5 Å². The molecule has 0 aromatic heterocycles. The first kappa shape index (κ1) is 24.3. The van der Waals surface area contributed by atoms with Crippen molar-refractivity contribution in [3.05, 3.63) is 48.5 Å². The minimum Gasteiger partial charge on any atom is -0.494 e. The Hall–Kier alpha value is -1.96. The molecule has 2 heteroatoms. The molecule has 2 rings (SSSR count). The molecule has 0 fully saturated rings. The standard InChI is InChI=1S/C28H42O2/c1-3-5-7-9-11-13-23-29-27-19-15-25(16-20-27)26-17-21-28(22-18-26)30-24-14-12-10-8-6-4-2/h15-22H,3-14,23-24H2,1-2H3. The third-order valence-corrected chi connectivity index (χ3v) is 5.58. The van der Waals surface area contributed by atoms with Crippen molar-refractivity contribution in [2.24, 2.45) is 0 Å². The van der Waals surface area contributed by atoms with E-state index in [0.717, 1.165) is 37.6 Å². The van der Waals surface area contributed by atoms with Gasteiger partial charge in [0.15, 0.2) is 0 Å². The van der Waals surface area contributed by atoms with Crippen LogP contribution in [-0.4, -0.2) is 13.2 Å². The summed E-state index contributed by atoms with van der Waals surface area (Å²) >= 11 is 0. The topological polar surface area (TPSA) is 18.5 Å². The fourth-order valence-electron chi connectivity index (χ4n) is 3.63. The SMILES string of the molecule is CCCCCCCCOc1ccc(-c2ccc(OCCCCCCCC)cc2)cc1. The molecule has 166 valence electrons. The van der Waals surface area contributed by atoms with Gasteiger partial charge in [-0.2, -0.15) is 0 Å². The molecule has 0 amide bonds. The van der Waals surface area contributed by atoms with Gasteiger partial charge in [-0.3, -0.25) is 0 Å². The van der Waals surface area contributed by atoms with Crippen molar-refractivity contribution >= 4 is 0 Å². The summed E-state index contributed by atoms with van der Waals surface area (Å²) in [6.45, 7) is 6.14. The van der Waals surface area contributed by atoms with Gasteiger partial charge in [-0.05, 0) is 48.2 Å². The number of unbranched alkanes of at least 4 members (excludes halogenated alkanes) is 10. The maximum Gasteiger partial charge on any atom is 0.119 e. The molecule has 0 heterocycles. The van der Waals surface area contributed by atoms with Crippen LogP contribution >= 0.6 is 0 Å². The number of rotatable bonds is 17. The second-order valence-electron chi connectivity index (χ2n) is 8.28. The maximum atomic E-state index is 5.89. The Morgan fingerprint density at radius 1 is 0.433 bits per heavy atom. The Morgan fingerprint density at radius 3 is 1.13 bits per heavy atom. The lowest BCUT2D eigenvalue weighted by Gasteiger charge is -2.09. The van der Waals surface area contributed by atoms with Gasteiger partial charge in [0.1, 0.15) is 11.5 Å². The lowest BCUT2D eigenvalue weighted by Crippen LogP contribution is -1.97. The largest absolute Gasteiger partial charge is 0.494 e. The molecule has 0 spiro atoms. The normalized spacial score (nSPS) is 10.9. The first-order chi connectivity index (χ1) is 14.8. The smallest absolute Gasteiger partial charge is 0.119 e. The van der Waals surface area contributed by atoms with Crippen molar-refractivity contribution in [3.8, 4) is 22.6 Å². The lowest BCUT2D eigenvalue weighted by atomic mass is 10.1. The summed E-state index contributed by atoms with van der Waals surface area (Å²) in [5.41, 5.74) is 2.42. The van der Waals surface area contributed by atoms with Gasteiger partial charge in [-0.15, -0.1) is 0 Å². The third kappa shape index (κ3) is 10.2. The minimum absolute atomic E-state index is 0.816. The third-order valence-electron chi connectivity index (χ3n) is 5.58. The van der Waals surface area contributed by atoms with Gasteiger partial charge in [0.25, 0.3) is 0 Å². The first-order valence-corrected chi connectivity index (χ1v) is 12.3. The predicted molar refractivity (Wildman–Crippen MR) is 130 cm³/mol. The molecule has 0 bridgehead atoms. The van der Waals surface area contributed by atoms with Crippen molar-refractivity contribution in [1.82, 2.24) is 0 Å². The van der Waals surface area contributed by atoms with E-state index in [9.17, 15) is 0 Å². The van der Waals surface area contributed by atoms with Crippen molar-refractivity contribution in [2.75, 3.05) is 13.2 Å². The van der Waals surface area contributed by atoms with Gasteiger partial charge < -0.3 is 9.47 Å². The molecule has 0 aliphatic rings. The lowest BCUT2D eigenvalue weighted by molar-refractivity contribution is 0.304. The zero-order valence-electron chi connectivity index (χ0n) is 19.3. The van der Waals surface area contributed by atoms with Gasteiger partial charge >= 0.3 is 0 Å². The molecule has 0 saturated heterocycles. The highest BCUT2D eigenvalue weighted by Gasteiger charge is 2.01. The molecular formula is C28H42O2. The average molecular weight is 411 g/mol. The molecule has 2 aromatic rings. The van der Waals surface area contributed by atoms with Crippen LogP contribution in [0, 0.1) is 0 Å². The van der Waals surface area contributed by atoms with E-state index in [0.29, 0.717) is 0 Å². The van der Waals surface area contributed by atoms with Crippen LogP contribution in [0.25, 0.3) is 11.1 Å². The molecule has 2 aromatic carbocycles. The summed E-state index contributed by atoms with van der Waals surface area (Å²) in [5, 5.41) is 0. The zero-order valence-corrected chi connectivity index (χ0v) is 19.3. The average Bonchev–Trinajstić information content (AvgIpc) is 2.79. The van der Waals surface area contributed by atoms with E-state index in [1.54, 1.807) is 0 Å². The van der Waals surface area contributed by atoms with Crippen LogP contribution in [0.1, 0.15) is 90.9 Å². The van der Waals surface area contributed by atoms with E-state index in [-0.39, 0.29) is 0 Å². The highest BCUT2D eigenvalue weighted by Crippen LogP contribution is 2.25. The number of hydrogen-bond acceptors (Lipinski definition) is 2. The highest BCUT2D eigenvalue weighted by atomic mass is 16.5. The van der Waals surface area contributed by atoms with Gasteiger partial charge in [0.2, 0.25) is 0 Å². The highest BCUT2D eigenvalue weighted by molar-refractivity contribution is 5.64. The van der Waals surface area contributed by atoms with Crippen LogP contribution in [0.2, 0.25) is 0 Å². The number of hydrogen-bond donors (Lipinski definition) is 0. The van der Waals surface area contributed by atoms with Crippen molar-refractivity contribution in [2.45, 2.75) is 90.9 Å². The summed E-state index contributed by atoms with van der Waals surface area (Å²) < 4.78 is 11.8. The van der Waals surface area contributed by atoms with E-state index in [1.165, 1.54) is 75.3 Å². The van der Waals surface area contributed by atoms with Gasteiger partial charge in [0.05, 0.1) is 13.2 Å². The molecule has 0 N–H and O–H groups in total. The monoisotopic (exact) mass is 410 g/mol. The maximum absolute atomic E-state index is 5.89. The Kier molecular flexibility index (Phi) is 12.8. The summed E-state index contributed by atoms with van der Waals surface area (Å²) in [5.74, 6) is 1.93. The van der Waals surface area contributed by atoms with E-state index >= 15 is 0 Å². The predicted octanol–water partition coefficient (Wildman–Crippen LogP) is 8.83. The van der Waals surface area contributed by atoms with Crippen LogP contribution < -0.4 is 9.47 Å². The van der Waals surface area contributed by atoms with Crippen LogP contribution in [0.4, 0.5) is 0 Å². The van der Waals surface area contributed by atoms with Gasteiger partial charge in [0, 0.05) is 0 Å². The van der Waals surface area contributed by atoms with Crippen LogP contribution in [0.3, 0.4) is 0 Å². The number of ether oxygens (including phenoxy) is 2. The molecule has 0 aliphatic carbocycles. The molecule has 0 aliphatic heterocycles. The summed E-state index contributed by atoms with van der Waals surface area (Å²) in [6, 6.07) is 16.9. The zero-order chi connectivity index (χ0) is 21.3. The first-order valence-electron chi connectivity index (χ1n) is 12.3. The Morgan fingerprint density at radius 2 is 0.767 bits per heavy atom. The molecule has 0 radical (unpaired) electrons. The van der Waals surface area contributed by atoms with E-state index < -0.39 is 0 Å². The van der Waals surface area contributed by atoms with Crippen molar-refractivity contribution in [1.29, 1.82) is 0 Å². The van der Waals surface area contributed by atoms with E-state index in [1.807, 2.05) is 0 Å².